The molecule has 0 radical (unpaired) electrons. The molecule has 2 heterocycles. The molecule has 1 aliphatic rings. The van der Waals surface area contributed by atoms with Crippen molar-refractivity contribution in [1.29, 1.82) is 0 Å². The average molecular weight is 332 g/mol. The molecular weight excluding hydrogens is 315 g/mol. The molecule has 0 saturated heterocycles. The van der Waals surface area contributed by atoms with Crippen LogP contribution in [-0.4, -0.2) is 44.6 Å². The first-order valence-electron chi connectivity index (χ1n) is 5.94. The predicted octanol–water partition coefficient (Wildman–Crippen LogP) is -1.31. The molecule has 9 heteroatoms. The molecular formula is C11H17NaO6S2. The van der Waals surface area contributed by atoms with Crippen LogP contribution in [0.3, 0.4) is 0 Å². The van der Waals surface area contributed by atoms with Crippen LogP contribution in [0.5, 0.6) is 10.8 Å². The number of thiophene rings is 1. The van der Waals surface area contributed by atoms with Crippen LogP contribution in [0.15, 0.2) is 11.4 Å². The van der Waals surface area contributed by atoms with Gasteiger partial charge in [-0.1, -0.05) is 0 Å². The van der Waals surface area contributed by atoms with Crippen LogP contribution in [0.25, 0.3) is 0 Å². The third-order valence-corrected chi connectivity index (χ3v) is 4.14. The summed E-state index contributed by atoms with van der Waals surface area (Å²) in [5.74, 6) is 0.522. The Morgan fingerprint density at radius 3 is 3.05 bits per heavy atom. The second kappa shape index (κ2) is 8.57. The van der Waals surface area contributed by atoms with Crippen molar-refractivity contribution in [1.82, 2.24) is 0 Å². The summed E-state index contributed by atoms with van der Waals surface area (Å²) < 4.78 is 46.1. The smallest absolute Gasteiger partial charge is 1.00 e. The molecule has 1 aromatic heterocycles. The Morgan fingerprint density at radius 2 is 2.30 bits per heavy atom. The van der Waals surface area contributed by atoms with Crippen LogP contribution in [0.1, 0.15) is 14.3 Å². The van der Waals surface area contributed by atoms with Gasteiger partial charge in [-0.15, -0.1) is 11.3 Å². The zero-order chi connectivity index (χ0) is 13.7. The first-order valence-corrected chi connectivity index (χ1v) is 8.43. The van der Waals surface area contributed by atoms with Gasteiger partial charge in [-0.25, -0.2) is 0 Å². The summed E-state index contributed by atoms with van der Waals surface area (Å²) in [4.78, 5) is 0. The summed E-state index contributed by atoms with van der Waals surface area (Å²) in [6.45, 7) is 1.30. The normalized spacial score (nSPS) is 17.6. The van der Waals surface area contributed by atoms with E-state index in [9.17, 15) is 8.42 Å². The van der Waals surface area contributed by atoms with Gasteiger partial charge in [0.05, 0.1) is 12.4 Å². The van der Waals surface area contributed by atoms with Crippen LogP contribution >= 0.6 is 11.3 Å². The van der Waals surface area contributed by atoms with Crippen molar-refractivity contribution >= 4 is 21.5 Å². The molecule has 6 nitrogen and oxygen atoms in total. The van der Waals surface area contributed by atoms with Crippen molar-refractivity contribution in [2.75, 3.05) is 25.6 Å². The van der Waals surface area contributed by atoms with Crippen molar-refractivity contribution in [2.45, 2.75) is 18.9 Å². The number of hydrogen-bond donors (Lipinski definition) is 1. The van der Waals surface area contributed by atoms with E-state index in [1.54, 1.807) is 0 Å². The van der Waals surface area contributed by atoms with Gasteiger partial charge < -0.3 is 15.6 Å². The van der Waals surface area contributed by atoms with Gasteiger partial charge in [0.1, 0.15) is 6.61 Å². The van der Waals surface area contributed by atoms with E-state index >= 15 is 0 Å². The molecule has 0 fully saturated rings. The summed E-state index contributed by atoms with van der Waals surface area (Å²) in [5, 5.41) is 2.70. The summed E-state index contributed by atoms with van der Waals surface area (Å²) in [7, 11) is -3.86. The third kappa shape index (κ3) is 6.30. The molecule has 0 aliphatic carbocycles. The van der Waals surface area contributed by atoms with Crippen LogP contribution in [0, 0.1) is 0 Å². The van der Waals surface area contributed by atoms with E-state index in [-0.39, 0.29) is 42.8 Å². The fourth-order valence-corrected chi connectivity index (χ4v) is 2.90. The van der Waals surface area contributed by atoms with Gasteiger partial charge in [0.15, 0.2) is 11.9 Å². The van der Waals surface area contributed by atoms with E-state index in [4.69, 9.17) is 18.8 Å². The van der Waals surface area contributed by atoms with Gasteiger partial charge in [-0.3, -0.25) is 4.55 Å². The van der Waals surface area contributed by atoms with Gasteiger partial charge in [0.25, 0.3) is 10.1 Å². The quantitative estimate of drug-likeness (QED) is 0.379. The van der Waals surface area contributed by atoms with Gasteiger partial charge in [0, 0.05) is 6.61 Å². The summed E-state index contributed by atoms with van der Waals surface area (Å²) in [5.41, 5.74) is 0. The maximum absolute atomic E-state index is 10.5. The number of ether oxygens (including phenoxy) is 3. The van der Waals surface area contributed by atoms with Crippen LogP contribution < -0.4 is 39.0 Å². The number of fused-ring (bicyclic) bond motifs is 1. The Kier molecular flexibility index (Phi) is 7.81. The monoisotopic (exact) mass is 332 g/mol. The maximum atomic E-state index is 10.5. The van der Waals surface area contributed by atoms with E-state index < -0.39 is 10.1 Å². The molecule has 1 aromatic rings. The van der Waals surface area contributed by atoms with Gasteiger partial charge in [0.2, 0.25) is 5.06 Å². The van der Waals surface area contributed by atoms with Crippen molar-refractivity contribution < 1.29 is 58.2 Å². The molecule has 0 saturated carbocycles. The Bertz CT molecular complexity index is 507. The fraction of sp³-hybridized carbons (Fsp3) is 0.636. The van der Waals surface area contributed by atoms with Crippen molar-refractivity contribution in [3.63, 3.8) is 0 Å². The molecule has 0 bridgehead atoms. The number of hydrogen-bond acceptors (Lipinski definition) is 6. The maximum Gasteiger partial charge on any atom is 1.00 e. The van der Waals surface area contributed by atoms with E-state index in [0.717, 1.165) is 10.8 Å². The Labute approximate surface area is 145 Å². The largest absolute Gasteiger partial charge is 1.00 e. The molecule has 110 valence electrons. The van der Waals surface area contributed by atoms with Crippen LogP contribution in [-0.2, 0) is 14.9 Å². The average Bonchev–Trinajstić information content (AvgIpc) is 2.79. The van der Waals surface area contributed by atoms with Crippen molar-refractivity contribution in [3.05, 3.63) is 11.4 Å². The van der Waals surface area contributed by atoms with Crippen molar-refractivity contribution in [3.8, 4) is 10.8 Å². The number of unbranched alkanes of at least 4 members (excludes halogenated alkanes) is 1. The number of rotatable bonds is 7. The standard InChI is InChI=1S/C11H16O6S2.Na.H/c12-19(13,14)6-2-1-4-15-7-9-8-16-11-10(17-9)3-5-18-11;;/h3,5,9H,1-2,4,6-8H2,(H,12,13,14);;/q;+1;-1. The molecule has 1 aliphatic heterocycles. The Morgan fingerprint density at radius 1 is 1.50 bits per heavy atom. The second-order valence-electron chi connectivity index (χ2n) is 4.19. The second-order valence-corrected chi connectivity index (χ2v) is 6.64. The van der Waals surface area contributed by atoms with E-state index in [0.29, 0.717) is 32.7 Å². The molecule has 0 amide bonds. The minimum absolute atomic E-state index is 0. The molecule has 1 atom stereocenters. The minimum atomic E-state index is -3.86. The molecule has 20 heavy (non-hydrogen) atoms. The van der Waals surface area contributed by atoms with E-state index in [1.165, 1.54) is 11.3 Å². The Balaban J connectivity index is 0.00000200. The van der Waals surface area contributed by atoms with Gasteiger partial charge in [-0.05, 0) is 24.3 Å². The SMILES string of the molecule is O=S(=O)(O)CCCCOCC1COc2sccc2O1.[H-].[Na+]. The molecule has 0 aromatic carbocycles. The van der Waals surface area contributed by atoms with Crippen LogP contribution in [0.2, 0.25) is 0 Å². The molecule has 1 N–H and O–H groups in total. The van der Waals surface area contributed by atoms with Gasteiger partial charge in [-0.2, -0.15) is 8.42 Å². The van der Waals surface area contributed by atoms with Gasteiger partial charge >= 0.3 is 29.6 Å². The van der Waals surface area contributed by atoms with E-state index in [1.807, 2.05) is 11.4 Å². The fourth-order valence-electron chi connectivity index (χ4n) is 1.64. The summed E-state index contributed by atoms with van der Waals surface area (Å²) in [6.07, 6.45) is 0.829. The van der Waals surface area contributed by atoms with Crippen molar-refractivity contribution in [2.24, 2.45) is 0 Å². The first-order chi connectivity index (χ1) is 9.04. The topological polar surface area (TPSA) is 82.1 Å². The zero-order valence-electron chi connectivity index (χ0n) is 12.3. The zero-order valence-corrected chi connectivity index (χ0v) is 14.9. The van der Waals surface area contributed by atoms with Crippen LogP contribution in [0.4, 0.5) is 0 Å². The Hall–Kier alpha value is 0.170. The summed E-state index contributed by atoms with van der Waals surface area (Å²) >= 11 is 1.50. The molecule has 2 rings (SSSR count). The predicted molar refractivity (Wildman–Crippen MR) is 71.8 cm³/mol. The first kappa shape index (κ1) is 18.2. The third-order valence-electron chi connectivity index (χ3n) is 2.53. The minimum Gasteiger partial charge on any atom is -1.00 e. The molecule has 1 unspecified atom stereocenters. The molecule has 0 spiro atoms. The van der Waals surface area contributed by atoms with E-state index in [2.05, 4.69) is 0 Å². The summed E-state index contributed by atoms with van der Waals surface area (Å²) in [6, 6.07) is 1.86.